The maximum absolute atomic E-state index is 13.0. The Bertz CT molecular complexity index is 819. The van der Waals surface area contributed by atoms with Gasteiger partial charge >= 0.3 is 11.7 Å². The average Bonchev–Trinajstić information content (AvgIpc) is 2.41. The van der Waals surface area contributed by atoms with Crippen molar-refractivity contribution in [1.82, 2.24) is 9.13 Å². The van der Waals surface area contributed by atoms with Crippen LogP contribution in [-0.4, -0.2) is 20.2 Å². The van der Waals surface area contributed by atoms with Gasteiger partial charge in [-0.15, -0.1) is 0 Å². The first-order valence-electron chi connectivity index (χ1n) is 6.24. The van der Waals surface area contributed by atoms with Crippen LogP contribution in [0.15, 0.2) is 33.9 Å². The van der Waals surface area contributed by atoms with E-state index >= 15 is 0 Å². The molecule has 0 unspecified atom stereocenters. The summed E-state index contributed by atoms with van der Waals surface area (Å²) >= 11 is 0. The molecule has 110 valence electrons. The molecule has 1 aromatic heterocycles. The number of halogens is 1. The van der Waals surface area contributed by atoms with E-state index in [1.54, 1.807) is 6.92 Å². The number of aromatic carboxylic acids is 1. The first-order chi connectivity index (χ1) is 9.88. The molecule has 2 rings (SSSR count). The lowest BCUT2D eigenvalue weighted by Gasteiger charge is -2.14. The van der Waals surface area contributed by atoms with Gasteiger partial charge in [0.25, 0.3) is 5.56 Å². The highest BCUT2D eigenvalue weighted by molar-refractivity contribution is 5.88. The van der Waals surface area contributed by atoms with Crippen molar-refractivity contribution in [3.05, 3.63) is 62.2 Å². The summed E-state index contributed by atoms with van der Waals surface area (Å²) in [6.07, 6.45) is 0. The van der Waals surface area contributed by atoms with Crippen LogP contribution >= 0.6 is 0 Å². The van der Waals surface area contributed by atoms with Crippen LogP contribution in [0, 0.1) is 12.7 Å². The standard InChI is InChI=1S/C14H13FN2O4/c1-3-16-8(2)11(13(19)20)12(18)17(14(16)21)10-6-4-9(15)5-7-10/h4-7H,3H2,1-2H3,(H,19,20). The van der Waals surface area contributed by atoms with Crippen LogP contribution in [0.3, 0.4) is 0 Å². The normalized spacial score (nSPS) is 10.6. The second kappa shape index (κ2) is 5.35. The van der Waals surface area contributed by atoms with Crippen LogP contribution < -0.4 is 11.2 Å². The fourth-order valence-electron chi connectivity index (χ4n) is 2.19. The van der Waals surface area contributed by atoms with Gasteiger partial charge in [0.15, 0.2) is 0 Å². The molecule has 2 aromatic rings. The molecule has 21 heavy (non-hydrogen) atoms. The highest BCUT2D eigenvalue weighted by Crippen LogP contribution is 2.07. The van der Waals surface area contributed by atoms with Crippen molar-refractivity contribution in [1.29, 1.82) is 0 Å². The fraction of sp³-hybridized carbons (Fsp3) is 0.214. The van der Waals surface area contributed by atoms with Gasteiger partial charge < -0.3 is 5.11 Å². The van der Waals surface area contributed by atoms with Gasteiger partial charge in [-0.05, 0) is 38.1 Å². The van der Waals surface area contributed by atoms with Crippen LogP contribution in [0.2, 0.25) is 0 Å². The van der Waals surface area contributed by atoms with E-state index in [0.717, 1.165) is 16.7 Å². The van der Waals surface area contributed by atoms with Gasteiger partial charge in [0.05, 0.1) is 5.69 Å². The SMILES string of the molecule is CCn1c(C)c(C(=O)O)c(=O)n(-c2ccc(F)cc2)c1=O. The summed E-state index contributed by atoms with van der Waals surface area (Å²) in [6, 6.07) is 4.69. The third kappa shape index (κ3) is 2.37. The molecule has 0 bridgehead atoms. The Morgan fingerprint density at radius 2 is 1.81 bits per heavy atom. The highest BCUT2D eigenvalue weighted by atomic mass is 19.1. The van der Waals surface area contributed by atoms with E-state index in [-0.39, 0.29) is 17.9 Å². The summed E-state index contributed by atoms with van der Waals surface area (Å²) in [7, 11) is 0. The number of carbonyl (C=O) groups is 1. The highest BCUT2D eigenvalue weighted by Gasteiger charge is 2.21. The number of rotatable bonds is 3. The molecule has 0 aliphatic heterocycles. The number of carboxylic acid groups (broad SMARTS) is 1. The molecule has 0 saturated carbocycles. The van der Waals surface area contributed by atoms with Crippen molar-refractivity contribution in [2.75, 3.05) is 0 Å². The van der Waals surface area contributed by atoms with Crippen molar-refractivity contribution in [2.24, 2.45) is 0 Å². The molecular weight excluding hydrogens is 279 g/mol. The Labute approximate surface area is 118 Å². The number of nitrogens with zero attached hydrogens (tertiary/aromatic N) is 2. The lowest BCUT2D eigenvalue weighted by Crippen LogP contribution is -2.43. The van der Waals surface area contributed by atoms with E-state index in [1.165, 1.54) is 23.6 Å². The van der Waals surface area contributed by atoms with Crippen molar-refractivity contribution in [3.8, 4) is 5.69 Å². The molecule has 0 aliphatic carbocycles. The molecular formula is C14H13FN2O4. The third-order valence-electron chi connectivity index (χ3n) is 3.22. The second-order valence-corrected chi connectivity index (χ2v) is 4.41. The minimum Gasteiger partial charge on any atom is -0.477 e. The smallest absolute Gasteiger partial charge is 0.343 e. The number of hydrogen-bond donors (Lipinski definition) is 1. The molecule has 0 saturated heterocycles. The maximum atomic E-state index is 13.0. The quantitative estimate of drug-likeness (QED) is 0.920. The molecule has 0 radical (unpaired) electrons. The Morgan fingerprint density at radius 1 is 1.24 bits per heavy atom. The van der Waals surface area contributed by atoms with E-state index in [0.29, 0.717) is 0 Å². The minimum atomic E-state index is -1.41. The molecule has 0 atom stereocenters. The Balaban J connectivity index is 2.92. The predicted octanol–water partition coefficient (Wildman–Crippen LogP) is 1.16. The van der Waals surface area contributed by atoms with E-state index in [2.05, 4.69) is 0 Å². The van der Waals surface area contributed by atoms with Crippen LogP contribution in [0.5, 0.6) is 0 Å². The van der Waals surface area contributed by atoms with E-state index in [9.17, 15) is 23.9 Å². The summed E-state index contributed by atoms with van der Waals surface area (Å²) in [5, 5.41) is 9.18. The van der Waals surface area contributed by atoms with Crippen LogP contribution in [0.1, 0.15) is 23.0 Å². The predicted molar refractivity (Wildman–Crippen MR) is 73.6 cm³/mol. The number of carboxylic acids is 1. The molecule has 0 fully saturated rings. The molecule has 1 heterocycles. The summed E-state index contributed by atoms with van der Waals surface area (Å²) in [4.78, 5) is 35.9. The van der Waals surface area contributed by atoms with Crippen molar-refractivity contribution < 1.29 is 14.3 Å². The first-order valence-corrected chi connectivity index (χ1v) is 6.24. The largest absolute Gasteiger partial charge is 0.477 e. The van der Waals surface area contributed by atoms with E-state index < -0.39 is 28.6 Å². The molecule has 6 nitrogen and oxygen atoms in total. The van der Waals surface area contributed by atoms with Gasteiger partial charge in [-0.2, -0.15) is 0 Å². The number of aromatic nitrogens is 2. The second-order valence-electron chi connectivity index (χ2n) is 4.41. The third-order valence-corrected chi connectivity index (χ3v) is 3.22. The fourth-order valence-corrected chi connectivity index (χ4v) is 2.19. The summed E-state index contributed by atoms with van der Waals surface area (Å²) in [6.45, 7) is 3.29. The monoisotopic (exact) mass is 292 g/mol. The molecule has 1 aromatic carbocycles. The van der Waals surface area contributed by atoms with E-state index in [4.69, 9.17) is 0 Å². The first kappa shape index (κ1) is 14.7. The zero-order valence-corrected chi connectivity index (χ0v) is 11.5. The van der Waals surface area contributed by atoms with Gasteiger partial charge in [-0.25, -0.2) is 18.5 Å². The summed E-state index contributed by atoms with van der Waals surface area (Å²) in [5.41, 5.74) is -1.84. The zero-order chi connectivity index (χ0) is 15.7. The Hall–Kier alpha value is -2.70. The van der Waals surface area contributed by atoms with Crippen molar-refractivity contribution in [2.45, 2.75) is 20.4 Å². The lowest BCUT2D eigenvalue weighted by atomic mass is 10.2. The van der Waals surface area contributed by atoms with Gasteiger partial charge in [-0.1, -0.05) is 0 Å². The molecule has 0 spiro atoms. The van der Waals surface area contributed by atoms with Crippen LogP contribution in [0.4, 0.5) is 4.39 Å². The van der Waals surface area contributed by atoms with Crippen LogP contribution in [0.25, 0.3) is 5.69 Å². The maximum Gasteiger partial charge on any atom is 0.343 e. The molecule has 0 amide bonds. The minimum absolute atomic E-state index is 0.0957. The van der Waals surface area contributed by atoms with Crippen molar-refractivity contribution in [3.63, 3.8) is 0 Å². The lowest BCUT2D eigenvalue weighted by molar-refractivity contribution is 0.0692. The van der Waals surface area contributed by atoms with Gasteiger partial charge in [0.1, 0.15) is 11.4 Å². The molecule has 1 N–H and O–H groups in total. The van der Waals surface area contributed by atoms with Gasteiger partial charge in [-0.3, -0.25) is 9.36 Å². The number of benzene rings is 1. The van der Waals surface area contributed by atoms with Crippen LogP contribution in [-0.2, 0) is 6.54 Å². The van der Waals surface area contributed by atoms with Gasteiger partial charge in [0.2, 0.25) is 0 Å². The topological polar surface area (TPSA) is 81.3 Å². The molecule has 7 heteroatoms. The van der Waals surface area contributed by atoms with E-state index in [1.807, 2.05) is 0 Å². The summed E-state index contributed by atoms with van der Waals surface area (Å²) in [5.74, 6) is -1.93. The summed E-state index contributed by atoms with van der Waals surface area (Å²) < 4.78 is 14.9. The number of hydrogen-bond acceptors (Lipinski definition) is 3. The average molecular weight is 292 g/mol. The Morgan fingerprint density at radius 3 is 2.29 bits per heavy atom. The Kier molecular flexibility index (Phi) is 3.75. The van der Waals surface area contributed by atoms with Gasteiger partial charge in [0, 0.05) is 12.2 Å². The molecule has 0 aliphatic rings. The zero-order valence-electron chi connectivity index (χ0n) is 11.5. The van der Waals surface area contributed by atoms with Crippen molar-refractivity contribution >= 4 is 5.97 Å².